The van der Waals surface area contributed by atoms with Crippen molar-refractivity contribution in [2.24, 2.45) is 5.92 Å². The molecule has 0 aromatic heterocycles. The molecule has 0 aliphatic carbocycles. The molecule has 0 saturated carbocycles. The summed E-state index contributed by atoms with van der Waals surface area (Å²) in [7, 11) is 4.35. The van der Waals surface area contributed by atoms with Gasteiger partial charge in [-0.25, -0.2) is 0 Å². The molecule has 0 radical (unpaired) electrons. The van der Waals surface area contributed by atoms with Crippen molar-refractivity contribution in [3.63, 3.8) is 0 Å². The Kier molecular flexibility index (Phi) is 6.96. The topological polar surface area (TPSA) is 106 Å². The lowest BCUT2D eigenvalue weighted by Gasteiger charge is -2.17. The highest BCUT2D eigenvalue weighted by molar-refractivity contribution is 5.97. The number of hydrogen-bond acceptors (Lipinski definition) is 6. The smallest absolute Gasteiger partial charge is 0.269 e. The highest BCUT2D eigenvalue weighted by atomic mass is 16.5. The Bertz CT molecular complexity index is 938. The summed E-state index contributed by atoms with van der Waals surface area (Å²) in [6, 6.07) is 12.5. The van der Waals surface area contributed by atoms with Gasteiger partial charge in [0.15, 0.2) is 11.5 Å². The van der Waals surface area contributed by atoms with Gasteiger partial charge < -0.3 is 19.1 Å². The Morgan fingerprint density at radius 3 is 2.23 bits per heavy atom. The van der Waals surface area contributed by atoms with Crippen molar-refractivity contribution in [1.29, 1.82) is 0 Å². The zero-order chi connectivity index (χ0) is 22.4. The van der Waals surface area contributed by atoms with Crippen molar-refractivity contribution < 1.29 is 28.6 Å². The number of ether oxygens (including phenoxy) is 3. The Balaban J connectivity index is 1.59. The first-order valence-electron chi connectivity index (χ1n) is 9.68. The summed E-state index contributed by atoms with van der Waals surface area (Å²) in [5.74, 6) is -0.639. The van der Waals surface area contributed by atoms with Gasteiger partial charge in [0.05, 0.1) is 27.2 Å². The van der Waals surface area contributed by atoms with Crippen molar-refractivity contribution in [1.82, 2.24) is 15.8 Å². The van der Waals surface area contributed by atoms with Gasteiger partial charge in [-0.1, -0.05) is 30.3 Å². The van der Waals surface area contributed by atoms with Crippen LogP contribution in [0.5, 0.6) is 17.2 Å². The van der Waals surface area contributed by atoms with Gasteiger partial charge in [-0.15, -0.1) is 0 Å². The van der Waals surface area contributed by atoms with Crippen LogP contribution >= 0.6 is 0 Å². The standard InChI is InChI=1S/C22H25N3O6/c1-29-17-9-15(10-18(30-2)20(17)31-3)21(27)23-24-22(28)16-11-19(26)25(13-16)12-14-7-5-4-6-8-14/h4-10,16H,11-13H2,1-3H3,(H,23,27)(H,24,28). The molecular weight excluding hydrogens is 402 g/mol. The summed E-state index contributed by atoms with van der Waals surface area (Å²) in [6.45, 7) is 0.737. The number of nitrogens with zero attached hydrogens (tertiary/aromatic N) is 1. The number of methoxy groups -OCH3 is 3. The molecular formula is C22H25N3O6. The number of amides is 3. The summed E-state index contributed by atoms with van der Waals surface area (Å²) in [5, 5.41) is 0. The highest BCUT2D eigenvalue weighted by Crippen LogP contribution is 2.38. The zero-order valence-electron chi connectivity index (χ0n) is 17.6. The van der Waals surface area contributed by atoms with Gasteiger partial charge in [-0.2, -0.15) is 0 Å². The van der Waals surface area contributed by atoms with E-state index in [1.165, 1.54) is 33.5 Å². The number of likely N-dealkylation sites (tertiary alicyclic amines) is 1. The van der Waals surface area contributed by atoms with Crippen LogP contribution in [-0.2, 0) is 16.1 Å². The van der Waals surface area contributed by atoms with Crippen LogP contribution in [0.15, 0.2) is 42.5 Å². The normalized spacial score (nSPS) is 15.4. The molecule has 31 heavy (non-hydrogen) atoms. The van der Waals surface area contributed by atoms with Gasteiger partial charge in [-0.3, -0.25) is 25.2 Å². The number of nitrogens with one attached hydrogen (secondary N) is 2. The van der Waals surface area contributed by atoms with Gasteiger partial charge in [0.25, 0.3) is 5.91 Å². The van der Waals surface area contributed by atoms with Crippen LogP contribution in [0.4, 0.5) is 0 Å². The fourth-order valence-electron chi connectivity index (χ4n) is 3.41. The monoisotopic (exact) mass is 427 g/mol. The first-order chi connectivity index (χ1) is 15.0. The minimum atomic E-state index is -0.557. The SMILES string of the molecule is COc1cc(C(=O)NNC(=O)C2CC(=O)N(Cc3ccccc3)C2)cc(OC)c1OC. The van der Waals surface area contributed by atoms with E-state index in [2.05, 4.69) is 10.9 Å². The molecule has 2 aromatic carbocycles. The summed E-state index contributed by atoms with van der Waals surface area (Å²) < 4.78 is 15.7. The molecule has 0 bridgehead atoms. The molecule has 3 rings (SSSR count). The Hall–Kier alpha value is -3.75. The zero-order valence-corrected chi connectivity index (χ0v) is 17.6. The van der Waals surface area contributed by atoms with E-state index in [0.717, 1.165) is 5.56 Å². The highest BCUT2D eigenvalue weighted by Gasteiger charge is 2.34. The van der Waals surface area contributed by atoms with Crippen molar-refractivity contribution in [2.45, 2.75) is 13.0 Å². The number of hydrogen-bond donors (Lipinski definition) is 2. The lowest BCUT2D eigenvalue weighted by atomic mass is 10.1. The maximum Gasteiger partial charge on any atom is 0.269 e. The largest absolute Gasteiger partial charge is 0.493 e. The number of rotatable bonds is 7. The van der Waals surface area contributed by atoms with E-state index in [9.17, 15) is 14.4 Å². The van der Waals surface area contributed by atoms with Gasteiger partial charge >= 0.3 is 0 Å². The Labute approximate surface area is 180 Å². The number of hydrazine groups is 1. The lowest BCUT2D eigenvalue weighted by Crippen LogP contribution is -2.45. The summed E-state index contributed by atoms with van der Waals surface area (Å²) in [4.78, 5) is 38.9. The molecule has 3 amide bonds. The quantitative estimate of drug-likeness (QED) is 0.649. The molecule has 1 fully saturated rings. The molecule has 1 atom stereocenters. The molecule has 0 spiro atoms. The Morgan fingerprint density at radius 2 is 1.65 bits per heavy atom. The summed E-state index contributed by atoms with van der Waals surface area (Å²) in [5.41, 5.74) is 5.98. The maximum atomic E-state index is 12.5. The van der Waals surface area contributed by atoms with Crippen LogP contribution in [-0.4, -0.2) is 50.5 Å². The van der Waals surface area contributed by atoms with Crippen molar-refractivity contribution in [3.8, 4) is 17.2 Å². The molecule has 1 aliphatic rings. The van der Waals surface area contributed by atoms with E-state index < -0.39 is 17.7 Å². The van der Waals surface area contributed by atoms with Crippen LogP contribution in [0.25, 0.3) is 0 Å². The molecule has 9 heteroatoms. The Morgan fingerprint density at radius 1 is 1.00 bits per heavy atom. The molecule has 1 aliphatic heterocycles. The van der Waals surface area contributed by atoms with Gasteiger partial charge in [0.2, 0.25) is 17.6 Å². The minimum Gasteiger partial charge on any atom is -0.493 e. The third-order valence-corrected chi connectivity index (χ3v) is 5.03. The third-order valence-electron chi connectivity index (χ3n) is 5.03. The van der Waals surface area contributed by atoms with Gasteiger partial charge in [0.1, 0.15) is 0 Å². The van der Waals surface area contributed by atoms with Crippen LogP contribution in [0.3, 0.4) is 0 Å². The number of carbonyl (C=O) groups is 3. The average molecular weight is 427 g/mol. The van der Waals surface area contributed by atoms with E-state index in [4.69, 9.17) is 14.2 Å². The second kappa shape index (κ2) is 9.84. The molecule has 2 N–H and O–H groups in total. The number of benzene rings is 2. The second-order valence-corrected chi connectivity index (χ2v) is 7.02. The molecule has 164 valence electrons. The molecule has 9 nitrogen and oxygen atoms in total. The average Bonchev–Trinajstić information content (AvgIpc) is 3.16. The van der Waals surface area contributed by atoms with Crippen LogP contribution in [0, 0.1) is 5.92 Å². The summed E-state index contributed by atoms with van der Waals surface area (Å²) >= 11 is 0. The molecule has 2 aromatic rings. The van der Waals surface area contributed by atoms with Crippen LogP contribution in [0.1, 0.15) is 22.3 Å². The predicted octanol–water partition coefficient (Wildman–Crippen LogP) is 1.52. The molecule has 1 saturated heterocycles. The van der Waals surface area contributed by atoms with Gasteiger partial charge in [0, 0.05) is 25.1 Å². The van der Waals surface area contributed by atoms with Crippen LogP contribution in [0.2, 0.25) is 0 Å². The van der Waals surface area contributed by atoms with E-state index in [0.29, 0.717) is 30.3 Å². The second-order valence-electron chi connectivity index (χ2n) is 7.02. The maximum absolute atomic E-state index is 12.5. The van der Waals surface area contributed by atoms with Crippen molar-refractivity contribution in [2.75, 3.05) is 27.9 Å². The fraction of sp³-hybridized carbons (Fsp3) is 0.318. The fourth-order valence-corrected chi connectivity index (χ4v) is 3.41. The van der Waals surface area contributed by atoms with E-state index >= 15 is 0 Å². The van der Waals surface area contributed by atoms with Crippen LogP contribution < -0.4 is 25.1 Å². The van der Waals surface area contributed by atoms with Crippen molar-refractivity contribution >= 4 is 17.7 Å². The first-order valence-corrected chi connectivity index (χ1v) is 9.68. The molecule has 1 unspecified atom stereocenters. The van der Waals surface area contributed by atoms with Gasteiger partial charge in [-0.05, 0) is 17.7 Å². The first kappa shape index (κ1) is 21.9. The van der Waals surface area contributed by atoms with E-state index in [1.54, 1.807) is 4.90 Å². The third kappa shape index (κ3) is 5.06. The van der Waals surface area contributed by atoms with Crippen molar-refractivity contribution in [3.05, 3.63) is 53.6 Å². The van der Waals surface area contributed by atoms with E-state index in [1.807, 2.05) is 30.3 Å². The summed E-state index contributed by atoms with van der Waals surface area (Å²) in [6.07, 6.45) is 0.0960. The number of carbonyl (C=O) groups excluding carboxylic acids is 3. The molecule has 1 heterocycles. The van der Waals surface area contributed by atoms with E-state index in [-0.39, 0.29) is 17.9 Å². The lowest BCUT2D eigenvalue weighted by molar-refractivity contribution is -0.129. The minimum absolute atomic E-state index is 0.0960. The predicted molar refractivity (Wildman–Crippen MR) is 112 cm³/mol.